The Balaban J connectivity index is 2.45. The normalized spacial score (nSPS) is 19.1. The summed E-state index contributed by atoms with van der Waals surface area (Å²) in [6, 6.07) is -0.830. The lowest BCUT2D eigenvalue weighted by Gasteiger charge is -2.15. The number of halogens is 3. The summed E-state index contributed by atoms with van der Waals surface area (Å²) in [5.41, 5.74) is -1.01. The fourth-order valence-electron chi connectivity index (χ4n) is 1.62. The van der Waals surface area contributed by atoms with Crippen molar-refractivity contribution in [3.63, 3.8) is 0 Å². The van der Waals surface area contributed by atoms with E-state index in [-0.39, 0.29) is 10.6 Å². The van der Waals surface area contributed by atoms with Crippen molar-refractivity contribution < 1.29 is 4.92 Å². The minimum Gasteiger partial charge on any atom is -0.269 e. The molecule has 0 bridgehead atoms. The Morgan fingerprint density at radius 3 is 2.60 bits per heavy atom. The number of allylic oxidation sites excluding steroid dienone is 4. The molecule has 0 amide bonds. The van der Waals surface area contributed by atoms with E-state index in [9.17, 15) is 14.9 Å². The van der Waals surface area contributed by atoms with Crippen LogP contribution in [0.5, 0.6) is 0 Å². The van der Waals surface area contributed by atoms with E-state index in [4.69, 9.17) is 47.0 Å². The molecule has 106 valence electrons. The summed E-state index contributed by atoms with van der Waals surface area (Å²) in [6.45, 7) is 0. The lowest BCUT2D eigenvalue weighted by atomic mass is 10.1. The van der Waals surface area contributed by atoms with Crippen LogP contribution in [0.4, 0.5) is 0 Å². The van der Waals surface area contributed by atoms with Gasteiger partial charge in [0.15, 0.2) is 0 Å². The highest BCUT2D eigenvalue weighted by molar-refractivity contribution is 7.81. The van der Waals surface area contributed by atoms with Crippen molar-refractivity contribution in [2.75, 3.05) is 0 Å². The van der Waals surface area contributed by atoms with Crippen molar-refractivity contribution in [3.05, 3.63) is 50.9 Å². The van der Waals surface area contributed by atoms with Gasteiger partial charge in [0.1, 0.15) is 17.2 Å². The quantitative estimate of drug-likeness (QED) is 0.350. The molecule has 11 heteroatoms. The summed E-state index contributed by atoms with van der Waals surface area (Å²) in [6.07, 6.45) is 5.30. The topological polar surface area (TPSA) is 83.0 Å². The van der Waals surface area contributed by atoms with Crippen molar-refractivity contribution in [2.24, 2.45) is 0 Å². The number of rotatable bonds is 2. The summed E-state index contributed by atoms with van der Waals surface area (Å²) in [4.78, 5) is 22.3. The van der Waals surface area contributed by atoms with Gasteiger partial charge >= 0.3 is 5.69 Å². The van der Waals surface area contributed by atoms with Gasteiger partial charge in [0.05, 0.1) is 4.92 Å². The van der Waals surface area contributed by atoms with Gasteiger partial charge in [-0.1, -0.05) is 59.2 Å². The maximum Gasteiger partial charge on any atom is 0.350 e. The van der Waals surface area contributed by atoms with Gasteiger partial charge in [-0.05, 0) is 0 Å². The lowest BCUT2D eigenvalue weighted by molar-refractivity contribution is -0.415. The molecule has 20 heavy (non-hydrogen) atoms. The van der Waals surface area contributed by atoms with E-state index in [0.717, 1.165) is 10.9 Å². The van der Waals surface area contributed by atoms with E-state index in [1.807, 2.05) is 0 Å². The molecule has 0 radical (unpaired) electrons. The third-order valence-corrected chi connectivity index (χ3v) is 3.43. The third-order valence-electron chi connectivity index (χ3n) is 2.50. The highest BCUT2D eigenvalue weighted by Crippen LogP contribution is 2.30. The standard InChI is InChI=1S/C9H5Cl3N4O3S/c10-9(11,12)15-8(17)14(4-13-15)5-2-1-3-6(7(5)20)16(18)19/h1-5H. The number of thiocarbonyl (C=S) groups is 1. The van der Waals surface area contributed by atoms with E-state index in [1.54, 1.807) is 0 Å². The first-order valence-corrected chi connectivity index (χ1v) is 6.58. The summed E-state index contributed by atoms with van der Waals surface area (Å²) in [7, 11) is 0. The van der Waals surface area contributed by atoms with Gasteiger partial charge in [0.25, 0.3) is 9.61 Å². The van der Waals surface area contributed by atoms with Crippen LogP contribution in [0.1, 0.15) is 6.04 Å². The minimum atomic E-state index is -2.05. The molecule has 0 saturated carbocycles. The second kappa shape index (κ2) is 5.28. The Kier molecular flexibility index (Phi) is 4.01. The molecule has 0 N–H and O–H groups in total. The van der Waals surface area contributed by atoms with Gasteiger partial charge in [-0.25, -0.2) is 4.79 Å². The number of aromatic nitrogens is 3. The van der Waals surface area contributed by atoms with Crippen LogP contribution in [-0.2, 0) is 3.92 Å². The number of nitrogens with zero attached hydrogens (tertiary/aromatic N) is 4. The van der Waals surface area contributed by atoms with E-state index in [0.29, 0.717) is 4.68 Å². The molecule has 1 aliphatic carbocycles. The summed E-state index contributed by atoms with van der Waals surface area (Å²) >= 11 is 21.7. The van der Waals surface area contributed by atoms with Crippen LogP contribution in [-0.4, -0.2) is 24.1 Å². The predicted molar refractivity (Wildman–Crippen MR) is 77.9 cm³/mol. The zero-order chi connectivity index (χ0) is 15.1. The van der Waals surface area contributed by atoms with Gasteiger partial charge in [-0.2, -0.15) is 9.78 Å². The molecule has 0 saturated heterocycles. The zero-order valence-electron chi connectivity index (χ0n) is 9.44. The van der Waals surface area contributed by atoms with Crippen molar-refractivity contribution in [3.8, 4) is 0 Å². The molecule has 1 heterocycles. The Hall–Kier alpha value is -1.22. The van der Waals surface area contributed by atoms with Crippen molar-refractivity contribution in [2.45, 2.75) is 9.96 Å². The molecule has 1 aromatic heterocycles. The van der Waals surface area contributed by atoms with Crippen LogP contribution < -0.4 is 5.69 Å². The maximum absolute atomic E-state index is 12.1. The SMILES string of the molecule is O=c1n(C2C=CC=C([N+](=O)[O-])C2=S)cnn1C(Cl)(Cl)Cl. The smallest absolute Gasteiger partial charge is 0.269 e. The van der Waals surface area contributed by atoms with Crippen LogP contribution in [0.15, 0.2) is 35.0 Å². The Bertz CT molecular complexity index is 700. The largest absolute Gasteiger partial charge is 0.350 e. The Morgan fingerprint density at radius 1 is 1.45 bits per heavy atom. The average molecular weight is 356 g/mol. The predicted octanol–water partition coefficient (Wildman–Crippen LogP) is 1.97. The molecule has 1 aromatic rings. The number of hydrogen-bond donors (Lipinski definition) is 0. The molecular formula is C9H5Cl3N4O3S. The molecule has 0 fully saturated rings. The monoisotopic (exact) mass is 354 g/mol. The van der Waals surface area contributed by atoms with E-state index < -0.39 is 20.6 Å². The third kappa shape index (κ3) is 2.64. The van der Waals surface area contributed by atoms with E-state index in [2.05, 4.69) is 5.10 Å². The van der Waals surface area contributed by atoms with Crippen LogP contribution in [0.3, 0.4) is 0 Å². The van der Waals surface area contributed by atoms with Crippen molar-refractivity contribution >= 4 is 51.9 Å². The Morgan fingerprint density at radius 2 is 2.10 bits per heavy atom. The molecule has 0 aromatic carbocycles. The fraction of sp³-hybridized carbons (Fsp3) is 0.222. The highest BCUT2D eigenvalue weighted by Gasteiger charge is 2.32. The first-order chi connectivity index (χ1) is 9.23. The van der Waals surface area contributed by atoms with E-state index in [1.165, 1.54) is 18.2 Å². The minimum absolute atomic E-state index is 0.0246. The van der Waals surface area contributed by atoms with Crippen molar-refractivity contribution in [1.82, 2.24) is 14.3 Å². The second-order valence-corrected chi connectivity index (χ2v) is 6.36. The molecule has 0 spiro atoms. The first-order valence-electron chi connectivity index (χ1n) is 5.04. The summed E-state index contributed by atoms with van der Waals surface area (Å²) < 4.78 is -0.375. The van der Waals surface area contributed by atoms with Crippen LogP contribution >= 0.6 is 47.0 Å². The van der Waals surface area contributed by atoms with Gasteiger partial charge in [-0.3, -0.25) is 14.7 Å². The van der Waals surface area contributed by atoms with Gasteiger partial charge in [0.2, 0.25) is 0 Å². The van der Waals surface area contributed by atoms with Gasteiger partial charge < -0.3 is 0 Å². The van der Waals surface area contributed by atoms with Crippen molar-refractivity contribution in [1.29, 1.82) is 0 Å². The van der Waals surface area contributed by atoms with Crippen LogP contribution in [0.2, 0.25) is 0 Å². The van der Waals surface area contributed by atoms with Crippen LogP contribution in [0.25, 0.3) is 0 Å². The lowest BCUT2D eigenvalue weighted by Crippen LogP contribution is -2.35. The first kappa shape index (κ1) is 15.2. The fourth-order valence-corrected chi connectivity index (χ4v) is 2.31. The zero-order valence-corrected chi connectivity index (χ0v) is 12.5. The molecule has 0 aliphatic heterocycles. The summed E-state index contributed by atoms with van der Waals surface area (Å²) in [5, 5.41) is 14.5. The maximum atomic E-state index is 12.1. The molecule has 1 atom stereocenters. The average Bonchev–Trinajstić information content (AvgIpc) is 2.70. The molecule has 1 unspecified atom stereocenters. The molecule has 1 aliphatic rings. The second-order valence-electron chi connectivity index (χ2n) is 3.70. The van der Waals surface area contributed by atoms with Crippen LogP contribution in [0, 0.1) is 10.1 Å². The highest BCUT2D eigenvalue weighted by atomic mass is 35.6. The van der Waals surface area contributed by atoms with E-state index >= 15 is 0 Å². The number of nitro groups is 1. The molecule has 7 nitrogen and oxygen atoms in total. The molecule has 2 rings (SSSR count). The molecular weight excluding hydrogens is 351 g/mol. The number of hydrogen-bond acceptors (Lipinski definition) is 5. The number of alkyl halides is 3. The summed E-state index contributed by atoms with van der Waals surface area (Å²) in [5.74, 6) is 0. The van der Waals surface area contributed by atoms with Gasteiger partial charge in [0, 0.05) is 6.08 Å². The van der Waals surface area contributed by atoms with Gasteiger partial charge in [-0.15, -0.1) is 0 Å². The Labute approximate surface area is 132 Å².